The molecule has 0 aromatic heterocycles. The lowest BCUT2D eigenvalue weighted by Crippen LogP contribution is -2.30. The molecule has 1 unspecified atom stereocenters. The van der Waals surface area contributed by atoms with E-state index >= 15 is 0 Å². The molecule has 0 fully saturated rings. The summed E-state index contributed by atoms with van der Waals surface area (Å²) in [5.74, 6) is 0.636. The zero-order valence-electron chi connectivity index (χ0n) is 11.0. The maximum Gasteiger partial charge on any atom is 0.0991 e. The normalized spacial score (nSPS) is 16.1. The van der Waals surface area contributed by atoms with Gasteiger partial charge in [-0.25, -0.2) is 0 Å². The summed E-state index contributed by atoms with van der Waals surface area (Å²) in [6.07, 6.45) is 1.18. The van der Waals surface area contributed by atoms with Gasteiger partial charge in [0.15, 0.2) is 0 Å². The highest BCUT2D eigenvalue weighted by molar-refractivity contribution is 5.50. The lowest BCUT2D eigenvalue weighted by molar-refractivity contribution is 0.601. The minimum absolute atomic E-state index is 0.636. The first kappa shape index (κ1) is 11.8. The van der Waals surface area contributed by atoms with Crippen molar-refractivity contribution in [3.63, 3.8) is 0 Å². The van der Waals surface area contributed by atoms with Crippen LogP contribution in [0.4, 0.5) is 5.69 Å². The van der Waals surface area contributed by atoms with Gasteiger partial charge in [0.25, 0.3) is 0 Å². The zero-order chi connectivity index (χ0) is 13.2. The lowest BCUT2D eigenvalue weighted by Gasteiger charge is -2.34. The average Bonchev–Trinajstić information content (AvgIpc) is 2.44. The number of nitriles is 1. The molecule has 3 rings (SSSR count). The lowest BCUT2D eigenvalue weighted by atomic mass is 9.77. The van der Waals surface area contributed by atoms with Crippen molar-refractivity contribution in [1.29, 1.82) is 5.26 Å². The van der Waals surface area contributed by atoms with E-state index in [-0.39, 0.29) is 0 Å². The van der Waals surface area contributed by atoms with Gasteiger partial charge in [0.05, 0.1) is 11.6 Å². The molecule has 0 radical (unpaired) electrons. The van der Waals surface area contributed by atoms with Crippen molar-refractivity contribution in [2.75, 3.05) is 18.5 Å². The van der Waals surface area contributed by atoms with Crippen LogP contribution in [0.15, 0.2) is 48.5 Å². The van der Waals surface area contributed by atoms with Gasteiger partial charge in [0.1, 0.15) is 0 Å². The molecule has 19 heavy (non-hydrogen) atoms. The predicted octanol–water partition coefficient (Wildman–Crippen LogP) is 3.33. The van der Waals surface area contributed by atoms with Crippen molar-refractivity contribution < 1.29 is 0 Å². The molecule has 2 aromatic carbocycles. The molecule has 94 valence electrons. The average molecular weight is 248 g/mol. The zero-order valence-corrected chi connectivity index (χ0v) is 11.0. The summed E-state index contributed by atoms with van der Waals surface area (Å²) in [6, 6.07) is 18.6. The molecule has 0 aliphatic heterocycles. The van der Waals surface area contributed by atoms with Crippen molar-refractivity contribution in [3.8, 4) is 6.07 Å². The van der Waals surface area contributed by atoms with E-state index in [1.54, 1.807) is 0 Å². The number of anilines is 1. The first-order valence-corrected chi connectivity index (χ1v) is 6.57. The van der Waals surface area contributed by atoms with E-state index < -0.39 is 0 Å². The summed E-state index contributed by atoms with van der Waals surface area (Å²) in [5.41, 5.74) is 4.86. The van der Waals surface area contributed by atoms with Gasteiger partial charge in [-0.3, -0.25) is 0 Å². The van der Waals surface area contributed by atoms with E-state index in [1.807, 2.05) is 24.3 Å². The molecule has 0 spiro atoms. The Kier molecular flexibility index (Phi) is 2.97. The van der Waals surface area contributed by atoms with Crippen LogP contribution in [-0.4, -0.2) is 13.6 Å². The molecule has 1 atom stereocenters. The van der Waals surface area contributed by atoms with Crippen LogP contribution in [0.1, 0.15) is 22.6 Å². The first-order chi connectivity index (χ1) is 9.28. The van der Waals surface area contributed by atoms with Crippen molar-refractivity contribution in [3.05, 3.63) is 65.2 Å². The second-order valence-corrected chi connectivity index (χ2v) is 5.14. The first-order valence-electron chi connectivity index (χ1n) is 6.57. The maximum atomic E-state index is 8.81. The highest BCUT2D eigenvalue weighted by Crippen LogP contribution is 2.35. The van der Waals surface area contributed by atoms with Crippen LogP contribution in [0.2, 0.25) is 0 Å². The number of hydrogen-bond acceptors (Lipinski definition) is 2. The Morgan fingerprint density at radius 2 is 1.89 bits per heavy atom. The quantitative estimate of drug-likeness (QED) is 0.833. The van der Waals surface area contributed by atoms with E-state index in [4.69, 9.17) is 5.26 Å². The van der Waals surface area contributed by atoms with Crippen LogP contribution in [0.25, 0.3) is 0 Å². The largest absolute Gasteiger partial charge is 0.374 e. The summed E-state index contributed by atoms with van der Waals surface area (Å²) < 4.78 is 0. The summed E-state index contributed by atoms with van der Waals surface area (Å²) in [4.78, 5) is 2.27. The van der Waals surface area contributed by atoms with Gasteiger partial charge in [-0.1, -0.05) is 24.3 Å². The third kappa shape index (κ3) is 2.20. The van der Waals surface area contributed by atoms with Crippen LogP contribution in [-0.2, 0) is 6.42 Å². The van der Waals surface area contributed by atoms with Crippen LogP contribution >= 0.6 is 0 Å². The molecule has 2 aromatic rings. The van der Waals surface area contributed by atoms with Gasteiger partial charge in [-0.2, -0.15) is 5.26 Å². The van der Waals surface area contributed by atoms with E-state index in [0.717, 1.165) is 6.54 Å². The summed E-state index contributed by atoms with van der Waals surface area (Å²) >= 11 is 0. The van der Waals surface area contributed by atoms with Crippen LogP contribution in [0.5, 0.6) is 0 Å². The fourth-order valence-electron chi connectivity index (χ4n) is 2.75. The third-order valence-corrected chi connectivity index (χ3v) is 3.89. The van der Waals surface area contributed by atoms with Crippen LogP contribution in [0, 0.1) is 11.3 Å². The number of fused-ring (bicyclic) bond motifs is 1. The smallest absolute Gasteiger partial charge is 0.0991 e. The molecule has 1 aliphatic carbocycles. The standard InChI is InChI=1S/C17H16N2/c1-19(16-8-6-13(11-18)7-9-16)12-15-10-14-4-2-3-5-17(14)15/h2-9,15H,10,12H2,1H3. The van der Waals surface area contributed by atoms with E-state index in [9.17, 15) is 0 Å². The van der Waals surface area contributed by atoms with Gasteiger partial charge in [0, 0.05) is 25.2 Å². The maximum absolute atomic E-state index is 8.81. The van der Waals surface area contributed by atoms with Crippen molar-refractivity contribution in [1.82, 2.24) is 0 Å². The Bertz CT molecular complexity index is 622. The van der Waals surface area contributed by atoms with Crippen molar-refractivity contribution in [2.45, 2.75) is 12.3 Å². The summed E-state index contributed by atoms with van der Waals surface area (Å²) in [6.45, 7) is 1.03. The monoisotopic (exact) mass is 248 g/mol. The second-order valence-electron chi connectivity index (χ2n) is 5.14. The predicted molar refractivity (Wildman–Crippen MR) is 77.3 cm³/mol. The fourth-order valence-corrected chi connectivity index (χ4v) is 2.75. The van der Waals surface area contributed by atoms with Crippen LogP contribution < -0.4 is 4.90 Å². The number of likely N-dealkylation sites (N-methyl/N-ethyl adjacent to an activating group) is 1. The SMILES string of the molecule is CN(CC1Cc2ccccc21)c1ccc(C#N)cc1. The van der Waals surface area contributed by atoms with Gasteiger partial charge < -0.3 is 4.90 Å². The number of nitrogens with zero attached hydrogens (tertiary/aromatic N) is 2. The molecule has 1 aliphatic rings. The third-order valence-electron chi connectivity index (χ3n) is 3.89. The molecule has 0 saturated heterocycles. The van der Waals surface area contributed by atoms with E-state index in [0.29, 0.717) is 11.5 Å². The second kappa shape index (κ2) is 4.78. The Hall–Kier alpha value is -2.27. The van der Waals surface area contributed by atoms with E-state index in [1.165, 1.54) is 23.2 Å². The van der Waals surface area contributed by atoms with Crippen molar-refractivity contribution >= 4 is 5.69 Å². The molecule has 0 bridgehead atoms. The Morgan fingerprint density at radius 1 is 1.16 bits per heavy atom. The molecule has 0 saturated carbocycles. The highest BCUT2D eigenvalue weighted by Gasteiger charge is 2.26. The molecule has 2 nitrogen and oxygen atoms in total. The van der Waals surface area contributed by atoms with Crippen LogP contribution in [0.3, 0.4) is 0 Å². The molecule has 0 heterocycles. The number of rotatable bonds is 3. The topological polar surface area (TPSA) is 27.0 Å². The molecular formula is C17H16N2. The Balaban J connectivity index is 1.69. The fraction of sp³-hybridized carbons (Fsp3) is 0.235. The highest BCUT2D eigenvalue weighted by atomic mass is 15.1. The Morgan fingerprint density at radius 3 is 2.58 bits per heavy atom. The van der Waals surface area contributed by atoms with E-state index in [2.05, 4.69) is 42.3 Å². The Labute approximate surface area is 113 Å². The number of hydrogen-bond donors (Lipinski definition) is 0. The molecular weight excluding hydrogens is 232 g/mol. The van der Waals surface area contributed by atoms with Gasteiger partial charge in [-0.15, -0.1) is 0 Å². The minimum atomic E-state index is 0.636. The van der Waals surface area contributed by atoms with Gasteiger partial charge in [0.2, 0.25) is 0 Å². The molecule has 0 amide bonds. The molecule has 0 N–H and O–H groups in total. The van der Waals surface area contributed by atoms with Gasteiger partial charge >= 0.3 is 0 Å². The van der Waals surface area contributed by atoms with Gasteiger partial charge in [-0.05, 0) is 41.8 Å². The summed E-state index contributed by atoms with van der Waals surface area (Å²) in [7, 11) is 2.11. The minimum Gasteiger partial charge on any atom is -0.374 e. The number of benzene rings is 2. The summed E-state index contributed by atoms with van der Waals surface area (Å²) in [5, 5.41) is 8.81. The molecule has 2 heteroatoms. The van der Waals surface area contributed by atoms with Crippen molar-refractivity contribution in [2.24, 2.45) is 0 Å².